The molecule has 0 saturated heterocycles. The Morgan fingerprint density at radius 3 is 2.62 bits per heavy atom. The Morgan fingerprint density at radius 1 is 1.29 bits per heavy atom. The second-order valence-electron chi connectivity index (χ2n) is 4.37. The molecule has 2 aromatic rings. The summed E-state index contributed by atoms with van der Waals surface area (Å²) in [7, 11) is 0. The Bertz CT molecular complexity index is 731. The maximum absolute atomic E-state index is 12.2. The van der Waals surface area contributed by atoms with Gasteiger partial charge in [0.25, 0.3) is 11.6 Å². The van der Waals surface area contributed by atoms with E-state index in [0.717, 1.165) is 0 Å². The number of hydrogen-bond donors (Lipinski definition) is 2. The number of benzene rings is 2. The molecule has 2 rings (SSSR count). The second kappa shape index (κ2) is 5.80. The van der Waals surface area contributed by atoms with E-state index in [1.807, 2.05) is 0 Å². The zero-order chi connectivity index (χ0) is 15.6. The van der Waals surface area contributed by atoms with Gasteiger partial charge in [-0.05, 0) is 42.8 Å². The standard InChI is InChI=1S/C14H11ClN2O4/c1-8-6-10(3-5-13(8)18)16-14(19)11-7-9(15)2-4-12(11)17(20)21/h2-7,18H,1H3,(H,16,19). The fourth-order valence-corrected chi connectivity index (χ4v) is 1.95. The number of carbonyl (C=O) groups excluding carboxylic acids is 1. The fourth-order valence-electron chi connectivity index (χ4n) is 1.78. The molecule has 1 amide bonds. The highest BCUT2D eigenvalue weighted by molar-refractivity contribution is 6.31. The predicted octanol–water partition coefficient (Wildman–Crippen LogP) is 3.51. The number of halogens is 1. The van der Waals surface area contributed by atoms with Crippen molar-refractivity contribution in [2.75, 3.05) is 5.32 Å². The van der Waals surface area contributed by atoms with Crippen LogP contribution in [-0.4, -0.2) is 15.9 Å². The van der Waals surface area contributed by atoms with Crippen LogP contribution in [-0.2, 0) is 0 Å². The van der Waals surface area contributed by atoms with Crippen LogP contribution >= 0.6 is 11.6 Å². The summed E-state index contributed by atoms with van der Waals surface area (Å²) in [5.74, 6) is -0.545. The van der Waals surface area contributed by atoms with Crippen LogP contribution < -0.4 is 5.32 Å². The lowest BCUT2D eigenvalue weighted by atomic mass is 10.1. The molecule has 6 nitrogen and oxygen atoms in total. The van der Waals surface area contributed by atoms with Crippen LogP contribution in [0.4, 0.5) is 11.4 Å². The molecular weight excluding hydrogens is 296 g/mol. The third kappa shape index (κ3) is 3.29. The second-order valence-corrected chi connectivity index (χ2v) is 4.81. The van der Waals surface area contributed by atoms with Gasteiger partial charge in [0.15, 0.2) is 0 Å². The lowest BCUT2D eigenvalue weighted by Crippen LogP contribution is -2.14. The molecule has 0 aliphatic rings. The van der Waals surface area contributed by atoms with Gasteiger partial charge >= 0.3 is 0 Å². The number of amides is 1. The highest BCUT2D eigenvalue weighted by atomic mass is 35.5. The zero-order valence-corrected chi connectivity index (χ0v) is 11.7. The number of aromatic hydroxyl groups is 1. The number of nitro benzene ring substituents is 1. The van der Waals surface area contributed by atoms with E-state index >= 15 is 0 Å². The summed E-state index contributed by atoms with van der Waals surface area (Å²) in [6.07, 6.45) is 0. The van der Waals surface area contributed by atoms with E-state index in [4.69, 9.17) is 11.6 Å². The molecule has 0 aliphatic heterocycles. The summed E-state index contributed by atoms with van der Waals surface area (Å²) in [6, 6.07) is 8.25. The largest absolute Gasteiger partial charge is 0.508 e. The SMILES string of the molecule is Cc1cc(NC(=O)c2cc(Cl)ccc2[N+](=O)[O-])ccc1O. The molecule has 0 aromatic heterocycles. The monoisotopic (exact) mass is 306 g/mol. The number of carbonyl (C=O) groups is 1. The lowest BCUT2D eigenvalue weighted by Gasteiger charge is -2.08. The molecule has 21 heavy (non-hydrogen) atoms. The molecule has 0 aliphatic carbocycles. The van der Waals surface area contributed by atoms with Gasteiger partial charge in [-0.25, -0.2) is 0 Å². The fraction of sp³-hybridized carbons (Fsp3) is 0.0714. The van der Waals surface area contributed by atoms with Crippen molar-refractivity contribution in [1.29, 1.82) is 0 Å². The summed E-state index contributed by atoms with van der Waals surface area (Å²) in [5, 5.41) is 23.1. The quantitative estimate of drug-likeness (QED) is 0.515. The number of nitrogens with zero attached hydrogens (tertiary/aromatic N) is 1. The highest BCUT2D eigenvalue weighted by Gasteiger charge is 2.20. The van der Waals surface area contributed by atoms with Gasteiger partial charge < -0.3 is 10.4 Å². The minimum Gasteiger partial charge on any atom is -0.508 e. The van der Waals surface area contributed by atoms with E-state index in [1.165, 1.54) is 30.3 Å². The van der Waals surface area contributed by atoms with E-state index in [-0.39, 0.29) is 22.0 Å². The minimum absolute atomic E-state index is 0.0988. The average molecular weight is 307 g/mol. The Hall–Kier alpha value is -2.60. The van der Waals surface area contributed by atoms with E-state index < -0.39 is 10.8 Å². The van der Waals surface area contributed by atoms with Crippen molar-refractivity contribution in [3.05, 3.63) is 62.7 Å². The molecule has 108 valence electrons. The topological polar surface area (TPSA) is 92.5 Å². The molecule has 0 radical (unpaired) electrons. The normalized spacial score (nSPS) is 10.2. The molecule has 0 saturated carbocycles. The van der Waals surface area contributed by atoms with Crippen molar-refractivity contribution >= 4 is 28.9 Å². The first-order valence-corrected chi connectivity index (χ1v) is 6.31. The van der Waals surface area contributed by atoms with Crippen molar-refractivity contribution in [2.45, 2.75) is 6.92 Å². The van der Waals surface area contributed by atoms with E-state index in [9.17, 15) is 20.0 Å². The van der Waals surface area contributed by atoms with Gasteiger partial charge in [0.2, 0.25) is 0 Å². The van der Waals surface area contributed by atoms with Gasteiger partial charge in [-0.1, -0.05) is 11.6 Å². The Labute approximate surface area is 125 Å². The van der Waals surface area contributed by atoms with Gasteiger partial charge in [0.1, 0.15) is 11.3 Å². The zero-order valence-electron chi connectivity index (χ0n) is 11.0. The maximum atomic E-state index is 12.2. The molecule has 2 aromatic carbocycles. The first kappa shape index (κ1) is 14.8. The average Bonchev–Trinajstić information content (AvgIpc) is 2.42. The van der Waals surface area contributed by atoms with Gasteiger partial charge in [-0.15, -0.1) is 0 Å². The number of phenolic OH excluding ortho intramolecular Hbond substituents is 1. The predicted molar refractivity (Wildman–Crippen MR) is 78.9 cm³/mol. The molecule has 7 heteroatoms. The smallest absolute Gasteiger partial charge is 0.282 e. The van der Waals surface area contributed by atoms with Crippen molar-refractivity contribution in [1.82, 2.24) is 0 Å². The highest BCUT2D eigenvalue weighted by Crippen LogP contribution is 2.25. The number of aryl methyl sites for hydroxylation is 1. The Balaban J connectivity index is 2.34. The molecular formula is C14H11ClN2O4. The molecule has 0 fully saturated rings. The number of rotatable bonds is 3. The van der Waals surface area contributed by atoms with Crippen LogP contribution in [0.15, 0.2) is 36.4 Å². The molecule has 0 unspecified atom stereocenters. The number of nitrogens with one attached hydrogen (secondary N) is 1. The van der Waals surface area contributed by atoms with Crippen LogP contribution in [0, 0.1) is 17.0 Å². The van der Waals surface area contributed by atoms with Crippen molar-refractivity contribution in [3.63, 3.8) is 0 Å². The number of hydrogen-bond acceptors (Lipinski definition) is 4. The first-order chi connectivity index (χ1) is 9.88. The van der Waals surface area contributed by atoms with Gasteiger partial charge in [0, 0.05) is 16.8 Å². The number of anilines is 1. The Morgan fingerprint density at radius 2 is 2.00 bits per heavy atom. The van der Waals surface area contributed by atoms with Crippen LogP contribution in [0.25, 0.3) is 0 Å². The Kier molecular flexibility index (Phi) is 4.09. The molecule has 2 N–H and O–H groups in total. The molecule has 0 heterocycles. The molecule has 0 spiro atoms. The summed E-state index contributed by atoms with van der Waals surface area (Å²) in [4.78, 5) is 22.4. The first-order valence-electron chi connectivity index (χ1n) is 5.93. The third-order valence-corrected chi connectivity index (χ3v) is 3.09. The van der Waals surface area contributed by atoms with Crippen LogP contribution in [0.5, 0.6) is 5.75 Å². The van der Waals surface area contributed by atoms with E-state index in [0.29, 0.717) is 11.3 Å². The van der Waals surface area contributed by atoms with Crippen molar-refractivity contribution < 1.29 is 14.8 Å². The maximum Gasteiger partial charge on any atom is 0.282 e. The minimum atomic E-state index is -0.646. The lowest BCUT2D eigenvalue weighted by molar-refractivity contribution is -0.385. The number of phenols is 1. The van der Waals surface area contributed by atoms with Crippen LogP contribution in [0.3, 0.4) is 0 Å². The summed E-state index contributed by atoms with van der Waals surface area (Å²) >= 11 is 5.78. The molecule has 0 bridgehead atoms. The summed E-state index contributed by atoms with van der Waals surface area (Å²) < 4.78 is 0. The van der Waals surface area contributed by atoms with Crippen LogP contribution in [0.2, 0.25) is 5.02 Å². The van der Waals surface area contributed by atoms with E-state index in [2.05, 4.69) is 5.32 Å². The van der Waals surface area contributed by atoms with E-state index in [1.54, 1.807) is 13.0 Å². The van der Waals surface area contributed by atoms with Crippen molar-refractivity contribution in [3.8, 4) is 5.75 Å². The molecule has 0 atom stereocenters. The van der Waals surface area contributed by atoms with Gasteiger partial charge in [0.05, 0.1) is 4.92 Å². The summed E-state index contributed by atoms with van der Waals surface area (Å²) in [5.41, 5.74) is 0.545. The summed E-state index contributed by atoms with van der Waals surface area (Å²) in [6.45, 7) is 1.67. The van der Waals surface area contributed by atoms with Crippen molar-refractivity contribution in [2.24, 2.45) is 0 Å². The van der Waals surface area contributed by atoms with Gasteiger partial charge in [-0.3, -0.25) is 14.9 Å². The number of nitro groups is 1. The van der Waals surface area contributed by atoms with Gasteiger partial charge in [-0.2, -0.15) is 0 Å². The van der Waals surface area contributed by atoms with Crippen LogP contribution in [0.1, 0.15) is 15.9 Å². The third-order valence-electron chi connectivity index (χ3n) is 2.85.